The van der Waals surface area contributed by atoms with E-state index in [2.05, 4.69) is 6.07 Å². The molecule has 2 aliphatic carbocycles. The van der Waals surface area contributed by atoms with Crippen LogP contribution in [0.15, 0.2) is 42.5 Å². The Morgan fingerprint density at radius 3 is 2.19 bits per heavy atom. The fourth-order valence-electron chi connectivity index (χ4n) is 4.48. The van der Waals surface area contributed by atoms with E-state index >= 15 is 0 Å². The number of fused-ring (bicyclic) bond motifs is 2. The van der Waals surface area contributed by atoms with E-state index in [1.807, 2.05) is 36.4 Å². The molecule has 26 heavy (non-hydrogen) atoms. The average molecular weight is 349 g/mol. The standard InChI is InChI=1S/C22H23NO3/c1-23(20(24)19-12-6-10-15-7-4-5-11-18(15)19)22(21(25)26)13-16-8-2-3-9-17(16)14-22/h2-3,6,8-10,12H,4-5,7,11,13-14H2,1H3,(H,25,26). The van der Waals surface area contributed by atoms with Crippen LogP contribution >= 0.6 is 0 Å². The van der Waals surface area contributed by atoms with Crippen molar-refractivity contribution < 1.29 is 14.7 Å². The Morgan fingerprint density at radius 1 is 0.923 bits per heavy atom. The van der Waals surface area contributed by atoms with Crippen LogP contribution in [0.1, 0.15) is 45.5 Å². The summed E-state index contributed by atoms with van der Waals surface area (Å²) in [6, 6.07) is 13.6. The minimum absolute atomic E-state index is 0.182. The van der Waals surface area contributed by atoms with E-state index in [4.69, 9.17) is 0 Å². The Bertz CT molecular complexity index is 862. The molecule has 0 aromatic heterocycles. The minimum Gasteiger partial charge on any atom is -0.479 e. The lowest BCUT2D eigenvalue weighted by molar-refractivity contribution is -0.148. The normalized spacial score (nSPS) is 17.3. The molecule has 2 aromatic rings. The maximum Gasteiger partial charge on any atom is 0.330 e. The van der Waals surface area contributed by atoms with Crippen LogP contribution in [-0.2, 0) is 30.5 Å². The Labute approximate surface area is 153 Å². The van der Waals surface area contributed by atoms with Gasteiger partial charge in [-0.05, 0) is 54.0 Å². The van der Waals surface area contributed by atoms with Gasteiger partial charge in [0.1, 0.15) is 5.54 Å². The molecule has 1 N–H and O–H groups in total. The van der Waals surface area contributed by atoms with Gasteiger partial charge in [-0.15, -0.1) is 0 Å². The van der Waals surface area contributed by atoms with Gasteiger partial charge < -0.3 is 10.0 Å². The average Bonchev–Trinajstić information content (AvgIpc) is 3.07. The predicted molar refractivity (Wildman–Crippen MR) is 99.4 cm³/mol. The van der Waals surface area contributed by atoms with Crippen molar-refractivity contribution >= 4 is 11.9 Å². The third-order valence-electron chi connectivity index (χ3n) is 6.06. The first-order chi connectivity index (χ1) is 12.5. The second kappa shape index (κ2) is 6.27. The molecule has 0 spiro atoms. The van der Waals surface area contributed by atoms with Crippen molar-refractivity contribution in [3.05, 3.63) is 70.3 Å². The molecule has 0 saturated carbocycles. The van der Waals surface area contributed by atoms with Gasteiger partial charge in [0.15, 0.2) is 0 Å². The van der Waals surface area contributed by atoms with Crippen LogP contribution in [0.2, 0.25) is 0 Å². The number of nitrogens with zero attached hydrogens (tertiary/aromatic N) is 1. The molecule has 2 aromatic carbocycles. The van der Waals surface area contributed by atoms with Crippen LogP contribution in [0.4, 0.5) is 0 Å². The quantitative estimate of drug-likeness (QED) is 0.925. The summed E-state index contributed by atoms with van der Waals surface area (Å²) >= 11 is 0. The van der Waals surface area contributed by atoms with Gasteiger partial charge in [-0.3, -0.25) is 4.79 Å². The van der Waals surface area contributed by atoms with E-state index in [9.17, 15) is 14.7 Å². The molecule has 4 heteroatoms. The number of hydrogen-bond acceptors (Lipinski definition) is 2. The molecule has 2 aliphatic rings. The van der Waals surface area contributed by atoms with Crippen molar-refractivity contribution in [1.82, 2.24) is 4.90 Å². The number of likely N-dealkylation sites (N-methyl/N-ethyl adjacent to an activating group) is 1. The van der Waals surface area contributed by atoms with Gasteiger partial charge in [0.25, 0.3) is 5.91 Å². The van der Waals surface area contributed by atoms with Gasteiger partial charge in [0.05, 0.1) is 0 Å². The van der Waals surface area contributed by atoms with Gasteiger partial charge >= 0.3 is 5.97 Å². The Morgan fingerprint density at radius 2 is 1.54 bits per heavy atom. The van der Waals surface area contributed by atoms with E-state index < -0.39 is 11.5 Å². The van der Waals surface area contributed by atoms with E-state index in [0.29, 0.717) is 18.4 Å². The predicted octanol–water partition coefficient (Wildman–Crippen LogP) is 3.26. The number of hydrogen-bond donors (Lipinski definition) is 1. The molecule has 0 heterocycles. The summed E-state index contributed by atoms with van der Waals surface area (Å²) in [7, 11) is 1.64. The van der Waals surface area contributed by atoms with E-state index in [1.165, 1.54) is 10.5 Å². The SMILES string of the molecule is CN(C(=O)c1cccc2c1CCCC2)C1(C(=O)O)Cc2ccccc2C1. The maximum absolute atomic E-state index is 13.3. The van der Waals surface area contributed by atoms with Gasteiger partial charge in [0, 0.05) is 25.5 Å². The molecular formula is C22H23NO3. The first-order valence-corrected chi connectivity index (χ1v) is 9.22. The zero-order chi connectivity index (χ0) is 18.3. The smallest absolute Gasteiger partial charge is 0.330 e. The van der Waals surface area contributed by atoms with Crippen LogP contribution in [0.3, 0.4) is 0 Å². The highest BCUT2D eigenvalue weighted by molar-refractivity contribution is 5.99. The number of carbonyl (C=O) groups excluding carboxylic acids is 1. The van der Waals surface area contributed by atoms with Gasteiger partial charge in [-0.2, -0.15) is 0 Å². The van der Waals surface area contributed by atoms with Crippen molar-refractivity contribution in [1.29, 1.82) is 0 Å². The molecule has 0 fully saturated rings. The molecule has 134 valence electrons. The molecule has 0 atom stereocenters. The van der Waals surface area contributed by atoms with Crippen molar-refractivity contribution in [3.8, 4) is 0 Å². The fraction of sp³-hybridized carbons (Fsp3) is 0.364. The molecule has 4 nitrogen and oxygen atoms in total. The van der Waals surface area contributed by atoms with Crippen LogP contribution < -0.4 is 0 Å². The molecular weight excluding hydrogens is 326 g/mol. The monoisotopic (exact) mass is 349 g/mol. The first-order valence-electron chi connectivity index (χ1n) is 9.22. The topological polar surface area (TPSA) is 57.6 Å². The highest BCUT2D eigenvalue weighted by Gasteiger charge is 2.49. The van der Waals surface area contributed by atoms with Crippen molar-refractivity contribution in [2.24, 2.45) is 0 Å². The first kappa shape index (κ1) is 16.8. The van der Waals surface area contributed by atoms with Gasteiger partial charge in [0.2, 0.25) is 0 Å². The molecule has 0 bridgehead atoms. The van der Waals surface area contributed by atoms with Crippen LogP contribution in [0.5, 0.6) is 0 Å². The molecule has 0 radical (unpaired) electrons. The Kier molecular flexibility index (Phi) is 4.06. The minimum atomic E-state index is -1.21. The molecule has 4 rings (SSSR count). The summed E-state index contributed by atoms with van der Waals surface area (Å²) in [5.74, 6) is -1.12. The summed E-state index contributed by atoms with van der Waals surface area (Å²) in [6.07, 6.45) is 4.83. The second-order valence-corrected chi connectivity index (χ2v) is 7.47. The summed E-state index contributed by atoms with van der Waals surface area (Å²) in [4.78, 5) is 27.1. The molecule has 0 aliphatic heterocycles. The number of aryl methyl sites for hydroxylation is 1. The number of amides is 1. The number of carboxylic acids is 1. The third-order valence-corrected chi connectivity index (χ3v) is 6.06. The number of carbonyl (C=O) groups is 2. The Balaban J connectivity index is 1.71. The highest BCUT2D eigenvalue weighted by atomic mass is 16.4. The fourth-order valence-corrected chi connectivity index (χ4v) is 4.48. The highest BCUT2D eigenvalue weighted by Crippen LogP contribution is 2.36. The number of benzene rings is 2. The van der Waals surface area contributed by atoms with E-state index in [0.717, 1.165) is 42.4 Å². The third kappa shape index (κ3) is 2.52. The van der Waals surface area contributed by atoms with E-state index in [1.54, 1.807) is 7.05 Å². The second-order valence-electron chi connectivity index (χ2n) is 7.47. The van der Waals surface area contributed by atoms with Gasteiger partial charge in [-0.1, -0.05) is 36.4 Å². The maximum atomic E-state index is 13.3. The number of carboxylic acid groups (broad SMARTS) is 1. The Hall–Kier alpha value is -2.62. The van der Waals surface area contributed by atoms with Crippen molar-refractivity contribution in [2.45, 2.75) is 44.1 Å². The molecule has 0 saturated heterocycles. The van der Waals surface area contributed by atoms with Crippen LogP contribution in [0, 0.1) is 0 Å². The largest absolute Gasteiger partial charge is 0.479 e. The summed E-state index contributed by atoms with van der Waals surface area (Å²) < 4.78 is 0. The van der Waals surface area contributed by atoms with Crippen LogP contribution in [0.25, 0.3) is 0 Å². The van der Waals surface area contributed by atoms with Crippen molar-refractivity contribution in [3.63, 3.8) is 0 Å². The lowest BCUT2D eigenvalue weighted by Crippen LogP contribution is -2.56. The number of aliphatic carboxylic acids is 1. The van der Waals surface area contributed by atoms with E-state index in [-0.39, 0.29) is 5.91 Å². The zero-order valence-corrected chi connectivity index (χ0v) is 15.0. The summed E-state index contributed by atoms with van der Waals surface area (Å²) in [5.41, 5.74) is 3.83. The summed E-state index contributed by atoms with van der Waals surface area (Å²) in [5, 5.41) is 10.0. The lowest BCUT2D eigenvalue weighted by Gasteiger charge is -2.35. The zero-order valence-electron chi connectivity index (χ0n) is 15.0. The summed E-state index contributed by atoms with van der Waals surface area (Å²) in [6.45, 7) is 0. The van der Waals surface area contributed by atoms with Gasteiger partial charge in [-0.25, -0.2) is 4.79 Å². The number of rotatable bonds is 3. The molecule has 0 unspecified atom stereocenters. The lowest BCUT2D eigenvalue weighted by atomic mass is 9.86. The van der Waals surface area contributed by atoms with Crippen LogP contribution in [-0.4, -0.2) is 34.5 Å². The van der Waals surface area contributed by atoms with Crippen molar-refractivity contribution in [2.75, 3.05) is 7.05 Å². The molecule has 1 amide bonds.